The number of nitrogens with zero attached hydrogens (tertiary/aromatic N) is 1. The van der Waals surface area contributed by atoms with Crippen molar-refractivity contribution in [2.45, 2.75) is 83.9 Å². The maximum absolute atomic E-state index is 15.1. The highest BCUT2D eigenvalue weighted by Crippen LogP contribution is 2.37. The topological polar surface area (TPSA) is 24.5 Å². The van der Waals surface area contributed by atoms with Crippen LogP contribution >= 0.6 is 0 Å². The van der Waals surface area contributed by atoms with Crippen molar-refractivity contribution in [3.05, 3.63) is 77.1 Å². The SMILES string of the molecule is CCC(CC)N1CC(C=CCCOCc2ccccc2)=Cc2cc(F)c(NC3CCCCC3)cc21. The molecule has 0 saturated heterocycles. The molecule has 0 unspecified atom stereocenters. The minimum Gasteiger partial charge on any atom is -0.380 e. The smallest absolute Gasteiger partial charge is 0.147 e. The summed E-state index contributed by atoms with van der Waals surface area (Å²) in [6.07, 6.45) is 15.6. The summed E-state index contributed by atoms with van der Waals surface area (Å²) in [6.45, 7) is 6.68. The molecule has 1 aliphatic heterocycles. The number of rotatable bonds is 11. The van der Waals surface area contributed by atoms with Gasteiger partial charge in [-0.2, -0.15) is 0 Å². The zero-order chi connectivity index (χ0) is 24.5. The molecule has 2 aromatic rings. The van der Waals surface area contributed by atoms with Gasteiger partial charge in [-0.25, -0.2) is 4.39 Å². The Labute approximate surface area is 211 Å². The molecule has 0 bridgehead atoms. The maximum atomic E-state index is 15.1. The Morgan fingerprint density at radius 3 is 2.60 bits per heavy atom. The monoisotopic (exact) mass is 476 g/mol. The van der Waals surface area contributed by atoms with Crippen molar-refractivity contribution in [2.24, 2.45) is 0 Å². The number of anilines is 2. The molecule has 0 aromatic heterocycles. The molecule has 1 heterocycles. The maximum Gasteiger partial charge on any atom is 0.147 e. The summed E-state index contributed by atoms with van der Waals surface area (Å²) in [5.41, 5.74) is 5.22. The first-order chi connectivity index (χ1) is 17.2. The van der Waals surface area contributed by atoms with Crippen molar-refractivity contribution in [3.8, 4) is 0 Å². The summed E-state index contributed by atoms with van der Waals surface area (Å²) in [5, 5.41) is 3.52. The van der Waals surface area contributed by atoms with E-state index in [1.165, 1.54) is 30.4 Å². The summed E-state index contributed by atoms with van der Waals surface area (Å²) in [7, 11) is 0. The molecule has 2 aromatic carbocycles. The van der Waals surface area contributed by atoms with E-state index in [9.17, 15) is 0 Å². The van der Waals surface area contributed by atoms with E-state index in [0.717, 1.165) is 49.9 Å². The molecule has 35 heavy (non-hydrogen) atoms. The minimum atomic E-state index is -0.144. The molecule has 188 valence electrons. The van der Waals surface area contributed by atoms with Gasteiger partial charge >= 0.3 is 0 Å². The molecule has 0 radical (unpaired) electrons. The van der Waals surface area contributed by atoms with Gasteiger partial charge in [0, 0.05) is 29.9 Å². The van der Waals surface area contributed by atoms with E-state index in [1.54, 1.807) is 6.07 Å². The third kappa shape index (κ3) is 6.98. The number of benzene rings is 2. The predicted molar refractivity (Wildman–Crippen MR) is 146 cm³/mol. The third-order valence-electron chi connectivity index (χ3n) is 7.34. The van der Waals surface area contributed by atoms with Crippen LogP contribution in [0, 0.1) is 5.82 Å². The fourth-order valence-electron chi connectivity index (χ4n) is 5.35. The predicted octanol–water partition coefficient (Wildman–Crippen LogP) is 8.13. The Morgan fingerprint density at radius 2 is 1.86 bits per heavy atom. The van der Waals surface area contributed by atoms with E-state index in [-0.39, 0.29) is 5.82 Å². The van der Waals surface area contributed by atoms with E-state index in [4.69, 9.17) is 4.74 Å². The molecule has 1 fully saturated rings. The van der Waals surface area contributed by atoms with Gasteiger partial charge in [0.15, 0.2) is 0 Å². The minimum absolute atomic E-state index is 0.144. The van der Waals surface area contributed by atoms with Gasteiger partial charge in [-0.3, -0.25) is 0 Å². The van der Waals surface area contributed by atoms with Gasteiger partial charge in [0.25, 0.3) is 0 Å². The summed E-state index contributed by atoms with van der Waals surface area (Å²) in [6, 6.07) is 14.9. The second-order valence-corrected chi connectivity index (χ2v) is 9.92. The lowest BCUT2D eigenvalue weighted by Crippen LogP contribution is -2.38. The quantitative estimate of drug-likeness (QED) is 0.331. The van der Waals surface area contributed by atoms with Crippen molar-refractivity contribution in [1.29, 1.82) is 0 Å². The molecule has 0 spiro atoms. The highest BCUT2D eigenvalue weighted by Gasteiger charge is 2.25. The summed E-state index contributed by atoms with van der Waals surface area (Å²) >= 11 is 0. The number of hydrogen-bond acceptors (Lipinski definition) is 3. The van der Waals surface area contributed by atoms with Crippen LogP contribution in [0.1, 0.15) is 76.3 Å². The number of nitrogens with one attached hydrogen (secondary N) is 1. The molecule has 3 nitrogen and oxygen atoms in total. The Hall–Kier alpha value is -2.59. The second kappa shape index (κ2) is 12.9. The standard InChI is InChI=1S/C31H41FN2O/c1-3-28(4-2)34-22-25(15-11-12-18-35-23-24-13-7-5-8-14-24)19-26-20-29(32)30(21-31(26)34)33-27-16-9-6-10-17-27/h5,7-8,11,13-15,19-21,27-28,33H,3-4,6,9-10,12,16-18,22-23H2,1-2H3. The van der Waals surface area contributed by atoms with Gasteiger partial charge in [-0.05, 0) is 61.4 Å². The van der Waals surface area contributed by atoms with E-state index < -0.39 is 0 Å². The van der Waals surface area contributed by atoms with Gasteiger partial charge in [0.2, 0.25) is 0 Å². The molecular weight excluding hydrogens is 435 g/mol. The van der Waals surface area contributed by atoms with Crippen LogP contribution in [0.3, 0.4) is 0 Å². The van der Waals surface area contributed by atoms with Crippen molar-refractivity contribution >= 4 is 17.5 Å². The molecule has 4 heteroatoms. The fraction of sp³-hybridized carbons (Fsp3) is 0.484. The largest absolute Gasteiger partial charge is 0.380 e. The van der Waals surface area contributed by atoms with Gasteiger partial charge < -0.3 is 15.0 Å². The third-order valence-corrected chi connectivity index (χ3v) is 7.34. The Bertz CT molecular complexity index is 991. The number of hydrogen-bond donors (Lipinski definition) is 1. The molecule has 0 amide bonds. The first-order valence-corrected chi connectivity index (χ1v) is 13.5. The molecule has 2 aliphatic rings. The summed E-state index contributed by atoms with van der Waals surface area (Å²) in [4.78, 5) is 2.48. The first-order valence-electron chi connectivity index (χ1n) is 13.5. The molecule has 0 atom stereocenters. The Balaban J connectivity index is 1.44. The van der Waals surface area contributed by atoms with Gasteiger partial charge in [0.05, 0.1) is 18.9 Å². The summed E-state index contributed by atoms with van der Waals surface area (Å²) in [5.74, 6) is -0.144. The van der Waals surface area contributed by atoms with E-state index >= 15 is 4.39 Å². The second-order valence-electron chi connectivity index (χ2n) is 9.92. The fourth-order valence-corrected chi connectivity index (χ4v) is 5.35. The molecule has 4 rings (SSSR count). The van der Waals surface area contributed by atoms with Crippen LogP contribution in [0.4, 0.5) is 15.8 Å². The number of halogens is 1. The first kappa shape index (κ1) is 25.5. The van der Waals surface area contributed by atoms with Gasteiger partial charge in [0.1, 0.15) is 5.82 Å². The average Bonchev–Trinajstić information content (AvgIpc) is 2.89. The van der Waals surface area contributed by atoms with Crippen molar-refractivity contribution in [3.63, 3.8) is 0 Å². The molecule has 1 aliphatic carbocycles. The van der Waals surface area contributed by atoms with Crippen LogP contribution in [0.5, 0.6) is 0 Å². The van der Waals surface area contributed by atoms with Crippen molar-refractivity contribution < 1.29 is 9.13 Å². The van der Waals surface area contributed by atoms with Crippen LogP contribution < -0.4 is 10.2 Å². The van der Waals surface area contributed by atoms with Crippen molar-refractivity contribution in [1.82, 2.24) is 0 Å². The van der Waals surface area contributed by atoms with E-state index in [0.29, 0.717) is 31.0 Å². The van der Waals surface area contributed by atoms with Crippen molar-refractivity contribution in [2.75, 3.05) is 23.4 Å². The normalized spacial score (nSPS) is 16.6. The lowest BCUT2D eigenvalue weighted by atomic mass is 9.94. The average molecular weight is 477 g/mol. The number of ether oxygens (including phenoxy) is 1. The van der Waals surface area contributed by atoms with Crippen LogP contribution in [-0.4, -0.2) is 25.2 Å². The van der Waals surface area contributed by atoms with Crippen LogP contribution in [0.2, 0.25) is 0 Å². The lowest BCUT2D eigenvalue weighted by molar-refractivity contribution is 0.125. The van der Waals surface area contributed by atoms with Crippen LogP contribution in [-0.2, 0) is 11.3 Å². The summed E-state index contributed by atoms with van der Waals surface area (Å²) < 4.78 is 21.0. The van der Waals surface area contributed by atoms with E-state index in [2.05, 4.69) is 60.5 Å². The lowest BCUT2D eigenvalue weighted by Gasteiger charge is -2.37. The Kier molecular flexibility index (Phi) is 9.42. The molecule has 1 saturated carbocycles. The zero-order valence-corrected chi connectivity index (χ0v) is 21.4. The molecule has 1 N–H and O–H groups in total. The van der Waals surface area contributed by atoms with Crippen LogP contribution in [0.25, 0.3) is 6.08 Å². The Morgan fingerprint density at radius 1 is 1.09 bits per heavy atom. The zero-order valence-electron chi connectivity index (χ0n) is 21.4. The van der Waals surface area contributed by atoms with Gasteiger partial charge in [-0.1, -0.05) is 75.6 Å². The van der Waals surface area contributed by atoms with Crippen LogP contribution in [0.15, 0.2) is 60.2 Å². The van der Waals surface area contributed by atoms with Gasteiger partial charge in [-0.15, -0.1) is 0 Å². The number of fused-ring (bicyclic) bond motifs is 1. The highest BCUT2D eigenvalue weighted by molar-refractivity contribution is 5.78. The highest BCUT2D eigenvalue weighted by atomic mass is 19.1. The molecular formula is C31H41FN2O. The van der Waals surface area contributed by atoms with E-state index in [1.807, 2.05) is 18.2 Å².